The number of halogens is 1. The van der Waals surface area contributed by atoms with Crippen LogP contribution in [0.3, 0.4) is 0 Å². The number of rotatable bonds is 7. The van der Waals surface area contributed by atoms with Gasteiger partial charge in [-0.2, -0.15) is 4.31 Å². The van der Waals surface area contributed by atoms with Crippen molar-refractivity contribution in [1.29, 1.82) is 0 Å². The molecule has 3 aromatic carbocycles. The van der Waals surface area contributed by atoms with Crippen molar-refractivity contribution in [3.8, 4) is 5.75 Å². The third-order valence-corrected chi connectivity index (χ3v) is 7.68. The second-order valence-electron chi connectivity index (χ2n) is 7.80. The first kappa shape index (κ1) is 23.3. The van der Waals surface area contributed by atoms with Gasteiger partial charge in [0.1, 0.15) is 5.75 Å². The van der Waals surface area contributed by atoms with Crippen LogP contribution in [0.15, 0.2) is 71.6 Å². The van der Waals surface area contributed by atoms with Crippen molar-refractivity contribution in [3.05, 3.63) is 88.4 Å². The number of amides is 1. The predicted octanol–water partition coefficient (Wildman–Crippen LogP) is 5.13. The zero-order chi connectivity index (χ0) is 23.4. The highest BCUT2D eigenvalue weighted by molar-refractivity contribution is 7.89. The maximum atomic E-state index is 13.3. The second-order valence-corrected chi connectivity index (χ2v) is 10.1. The molecule has 0 aromatic heterocycles. The molecule has 1 aliphatic rings. The molecular formula is C25H25ClN2O4S. The summed E-state index contributed by atoms with van der Waals surface area (Å²) < 4.78 is 33.8. The molecule has 0 fully saturated rings. The molecule has 4 rings (SSSR count). The van der Waals surface area contributed by atoms with Gasteiger partial charge in [0.15, 0.2) is 0 Å². The van der Waals surface area contributed by atoms with E-state index in [9.17, 15) is 13.2 Å². The number of sulfonamides is 1. The van der Waals surface area contributed by atoms with Gasteiger partial charge >= 0.3 is 0 Å². The predicted molar refractivity (Wildman–Crippen MR) is 129 cm³/mol. The number of hydrogen-bond donors (Lipinski definition) is 1. The van der Waals surface area contributed by atoms with Crippen LogP contribution in [0.4, 0.5) is 5.69 Å². The number of anilines is 1. The third-order valence-electron chi connectivity index (χ3n) is 5.51. The number of fused-ring (bicyclic) bond motifs is 1. The Labute approximate surface area is 199 Å². The maximum absolute atomic E-state index is 13.3. The van der Waals surface area contributed by atoms with Gasteiger partial charge in [-0.05, 0) is 54.3 Å². The van der Waals surface area contributed by atoms with Crippen LogP contribution in [0.5, 0.6) is 5.75 Å². The van der Waals surface area contributed by atoms with Crippen LogP contribution >= 0.6 is 11.6 Å². The Morgan fingerprint density at radius 3 is 2.58 bits per heavy atom. The highest BCUT2D eigenvalue weighted by atomic mass is 35.5. The van der Waals surface area contributed by atoms with Crippen molar-refractivity contribution in [2.75, 3.05) is 18.5 Å². The summed E-state index contributed by atoms with van der Waals surface area (Å²) in [6.45, 7) is 3.19. The molecule has 0 radical (unpaired) electrons. The van der Waals surface area contributed by atoms with E-state index in [4.69, 9.17) is 16.3 Å². The molecule has 1 heterocycles. The van der Waals surface area contributed by atoms with Gasteiger partial charge in [0, 0.05) is 13.1 Å². The van der Waals surface area contributed by atoms with Gasteiger partial charge in [-0.25, -0.2) is 8.42 Å². The van der Waals surface area contributed by atoms with Crippen LogP contribution in [0, 0.1) is 0 Å². The number of hydrogen-bond acceptors (Lipinski definition) is 4. The van der Waals surface area contributed by atoms with Crippen molar-refractivity contribution < 1.29 is 17.9 Å². The summed E-state index contributed by atoms with van der Waals surface area (Å²) in [5, 5.41) is 2.96. The Kier molecular flexibility index (Phi) is 7.02. The number of nitrogens with zero attached hydrogens (tertiary/aromatic N) is 1. The Balaban J connectivity index is 1.59. The Hall–Kier alpha value is -2.87. The minimum Gasteiger partial charge on any atom is -0.491 e. The molecule has 33 heavy (non-hydrogen) atoms. The molecular weight excluding hydrogens is 460 g/mol. The monoisotopic (exact) mass is 484 g/mol. The molecule has 3 aromatic rings. The number of para-hydroxylation sites is 2. The zero-order valence-electron chi connectivity index (χ0n) is 18.3. The second kappa shape index (κ2) is 9.95. The van der Waals surface area contributed by atoms with Crippen LogP contribution in [-0.4, -0.2) is 31.8 Å². The number of ether oxygens (including phenoxy) is 1. The molecule has 0 bridgehead atoms. The van der Waals surface area contributed by atoms with E-state index in [1.54, 1.807) is 18.2 Å². The molecule has 8 heteroatoms. The number of nitrogens with one attached hydrogen (secondary N) is 1. The first-order valence-corrected chi connectivity index (χ1v) is 12.6. The lowest BCUT2D eigenvalue weighted by atomic mass is 10.0. The first-order valence-electron chi connectivity index (χ1n) is 10.8. The standard InChI is InChI=1S/C25H25ClN2O4S/c1-2-15-32-24-10-6-5-9-23(24)27-25(29)21-16-20(11-12-22(21)26)33(30,31)28-14-13-18-7-3-4-8-19(18)17-28/h3-12,16H,2,13-15,17H2,1H3,(H,27,29). The van der Waals surface area contributed by atoms with Gasteiger partial charge in [0.2, 0.25) is 10.0 Å². The van der Waals surface area contributed by atoms with E-state index in [1.807, 2.05) is 37.3 Å². The molecule has 0 saturated carbocycles. The van der Waals surface area contributed by atoms with Crippen LogP contribution in [0.1, 0.15) is 34.8 Å². The summed E-state index contributed by atoms with van der Waals surface area (Å²) in [6, 6.07) is 19.1. The van der Waals surface area contributed by atoms with E-state index >= 15 is 0 Å². The fraction of sp³-hybridized carbons (Fsp3) is 0.240. The van der Waals surface area contributed by atoms with Crippen molar-refractivity contribution in [3.63, 3.8) is 0 Å². The summed E-state index contributed by atoms with van der Waals surface area (Å²) in [5.74, 6) is 0.0353. The lowest BCUT2D eigenvalue weighted by Gasteiger charge is -2.28. The minimum absolute atomic E-state index is 0.0342. The van der Waals surface area contributed by atoms with Gasteiger partial charge in [-0.3, -0.25) is 4.79 Å². The van der Waals surface area contributed by atoms with Gasteiger partial charge in [-0.15, -0.1) is 0 Å². The van der Waals surface area contributed by atoms with Crippen LogP contribution < -0.4 is 10.1 Å². The molecule has 1 amide bonds. The molecule has 172 valence electrons. The zero-order valence-corrected chi connectivity index (χ0v) is 19.8. The fourth-order valence-corrected chi connectivity index (χ4v) is 5.41. The van der Waals surface area contributed by atoms with Crippen LogP contribution in [0.2, 0.25) is 5.02 Å². The van der Waals surface area contributed by atoms with E-state index in [0.29, 0.717) is 37.6 Å². The average molecular weight is 485 g/mol. The molecule has 1 aliphatic heterocycles. The Morgan fingerprint density at radius 1 is 1.06 bits per heavy atom. The third kappa shape index (κ3) is 5.05. The average Bonchev–Trinajstić information content (AvgIpc) is 2.83. The lowest BCUT2D eigenvalue weighted by Crippen LogP contribution is -2.36. The van der Waals surface area contributed by atoms with E-state index in [1.165, 1.54) is 22.5 Å². The molecule has 1 N–H and O–H groups in total. The highest BCUT2D eigenvalue weighted by Gasteiger charge is 2.29. The smallest absolute Gasteiger partial charge is 0.257 e. The lowest BCUT2D eigenvalue weighted by molar-refractivity contribution is 0.102. The normalized spacial score (nSPS) is 13.9. The van der Waals surface area contributed by atoms with Crippen LogP contribution in [0.25, 0.3) is 0 Å². The number of benzene rings is 3. The van der Waals surface area contributed by atoms with Gasteiger partial charge in [-0.1, -0.05) is 54.9 Å². The SMILES string of the molecule is CCCOc1ccccc1NC(=O)c1cc(S(=O)(=O)N2CCc3ccccc3C2)ccc1Cl. The maximum Gasteiger partial charge on any atom is 0.257 e. The van der Waals surface area contributed by atoms with Crippen molar-refractivity contribution in [2.45, 2.75) is 31.2 Å². The molecule has 0 unspecified atom stereocenters. The Bertz CT molecular complexity index is 1280. The summed E-state index contributed by atoms with van der Waals surface area (Å²) in [7, 11) is -3.80. The molecule has 0 atom stereocenters. The molecule has 6 nitrogen and oxygen atoms in total. The van der Waals surface area contributed by atoms with Crippen LogP contribution in [-0.2, 0) is 23.0 Å². The Morgan fingerprint density at radius 2 is 1.79 bits per heavy atom. The summed E-state index contributed by atoms with van der Waals surface area (Å²) >= 11 is 6.28. The van der Waals surface area contributed by atoms with Crippen molar-refractivity contribution in [1.82, 2.24) is 4.31 Å². The number of carbonyl (C=O) groups excluding carboxylic acids is 1. The van der Waals surface area contributed by atoms with E-state index in [0.717, 1.165) is 17.5 Å². The van der Waals surface area contributed by atoms with Crippen molar-refractivity contribution in [2.24, 2.45) is 0 Å². The summed E-state index contributed by atoms with van der Waals surface area (Å²) in [6.07, 6.45) is 1.47. The fourth-order valence-electron chi connectivity index (χ4n) is 3.76. The van der Waals surface area contributed by atoms with Gasteiger partial charge in [0.05, 0.1) is 27.8 Å². The molecule has 0 aliphatic carbocycles. The van der Waals surface area contributed by atoms with Gasteiger partial charge < -0.3 is 10.1 Å². The van der Waals surface area contributed by atoms with Crippen molar-refractivity contribution >= 4 is 33.2 Å². The minimum atomic E-state index is -3.80. The topological polar surface area (TPSA) is 75.7 Å². The van der Waals surface area contributed by atoms with E-state index < -0.39 is 15.9 Å². The van der Waals surface area contributed by atoms with E-state index in [2.05, 4.69) is 5.32 Å². The summed E-state index contributed by atoms with van der Waals surface area (Å²) in [5.41, 5.74) is 2.72. The summed E-state index contributed by atoms with van der Waals surface area (Å²) in [4.78, 5) is 13.1. The van der Waals surface area contributed by atoms with E-state index in [-0.39, 0.29) is 15.5 Å². The number of carbonyl (C=O) groups is 1. The largest absolute Gasteiger partial charge is 0.491 e. The quantitative estimate of drug-likeness (QED) is 0.504. The molecule has 0 spiro atoms. The first-order chi connectivity index (χ1) is 15.9. The molecule has 0 saturated heterocycles. The highest BCUT2D eigenvalue weighted by Crippen LogP contribution is 2.29. The van der Waals surface area contributed by atoms with Gasteiger partial charge in [0.25, 0.3) is 5.91 Å².